The molecule has 0 saturated heterocycles. The van der Waals surface area contributed by atoms with Crippen LogP contribution in [0.25, 0.3) is 11.3 Å². The number of benzene rings is 1. The Kier molecular flexibility index (Phi) is 7.04. The Balaban J connectivity index is 0.00000289. The minimum atomic E-state index is -4.59. The Hall–Kier alpha value is -2.72. The van der Waals surface area contributed by atoms with Crippen molar-refractivity contribution < 1.29 is 18.0 Å². The number of anilines is 1. The molecule has 0 bridgehead atoms. The molecular weight excluding hydrogens is 513 g/mol. The van der Waals surface area contributed by atoms with E-state index in [4.69, 9.17) is 0 Å². The Morgan fingerprint density at radius 2 is 1.88 bits per heavy atom. The van der Waals surface area contributed by atoms with Gasteiger partial charge in [0.05, 0.1) is 12.2 Å². The third kappa shape index (κ3) is 4.86. The van der Waals surface area contributed by atoms with Gasteiger partial charge in [-0.15, -0.1) is 12.4 Å². The molecule has 0 N–H and O–H groups in total. The molecule has 168 valence electrons. The molecule has 0 fully saturated rings. The lowest BCUT2D eigenvalue weighted by molar-refractivity contribution is -0.152. The summed E-state index contributed by atoms with van der Waals surface area (Å²) in [7, 11) is 0. The van der Waals surface area contributed by atoms with E-state index in [9.17, 15) is 22.8 Å². The highest BCUT2D eigenvalue weighted by atomic mass is 79.9. The predicted octanol–water partition coefficient (Wildman–Crippen LogP) is 4.51. The van der Waals surface area contributed by atoms with Crippen LogP contribution in [0.4, 0.5) is 19.1 Å². The molecule has 3 heterocycles. The number of carbonyl (C=O) groups is 1. The fourth-order valence-corrected chi connectivity index (χ4v) is 3.97. The van der Waals surface area contributed by atoms with Gasteiger partial charge >= 0.3 is 6.18 Å². The largest absolute Gasteiger partial charge is 0.408 e. The molecule has 1 atom stereocenters. The number of pyridine rings is 1. The zero-order valence-electron chi connectivity index (χ0n) is 16.4. The lowest BCUT2D eigenvalue weighted by Crippen LogP contribution is -2.54. The third-order valence-corrected chi connectivity index (χ3v) is 5.56. The van der Waals surface area contributed by atoms with Crippen LogP contribution in [-0.2, 0) is 6.54 Å². The molecule has 32 heavy (non-hydrogen) atoms. The number of aromatic nitrogens is 3. The molecule has 0 amide bonds. The summed E-state index contributed by atoms with van der Waals surface area (Å²) in [4.78, 5) is 34.6. The molecule has 0 saturated carbocycles. The smallest absolute Gasteiger partial charge is 0.322 e. The third-order valence-electron chi connectivity index (χ3n) is 5.06. The molecule has 1 unspecified atom stereocenters. The van der Waals surface area contributed by atoms with Crippen LogP contribution in [0.5, 0.6) is 0 Å². The number of ketones is 1. The quantitative estimate of drug-likeness (QED) is 0.465. The summed E-state index contributed by atoms with van der Waals surface area (Å²) in [6, 6.07) is 9.00. The lowest BCUT2D eigenvalue weighted by atomic mass is 10.1. The van der Waals surface area contributed by atoms with Crippen LogP contribution in [0.15, 0.2) is 64.1 Å². The number of fused-ring (bicyclic) bond motifs is 1. The second kappa shape index (κ2) is 9.41. The van der Waals surface area contributed by atoms with Crippen LogP contribution in [0, 0.1) is 0 Å². The van der Waals surface area contributed by atoms with Gasteiger partial charge in [0.25, 0.3) is 5.56 Å². The number of rotatable bonds is 4. The van der Waals surface area contributed by atoms with E-state index >= 15 is 0 Å². The number of hydrogen-bond acceptors (Lipinski definition) is 5. The normalized spacial score (nSPS) is 15.6. The number of halogens is 5. The molecule has 0 aliphatic carbocycles. The summed E-state index contributed by atoms with van der Waals surface area (Å²) in [6.07, 6.45) is -1.94. The van der Waals surface area contributed by atoms with Crippen LogP contribution in [0.3, 0.4) is 0 Å². The fourth-order valence-electron chi connectivity index (χ4n) is 3.57. The first kappa shape index (κ1) is 23.9. The summed E-state index contributed by atoms with van der Waals surface area (Å²) >= 11 is 3.26. The van der Waals surface area contributed by atoms with Crippen molar-refractivity contribution in [2.45, 2.75) is 25.2 Å². The van der Waals surface area contributed by atoms with E-state index in [1.165, 1.54) is 29.1 Å². The molecule has 4 rings (SSSR count). The molecule has 2 aromatic heterocycles. The van der Waals surface area contributed by atoms with Crippen molar-refractivity contribution in [2.75, 3.05) is 11.4 Å². The first-order valence-electron chi connectivity index (χ1n) is 9.38. The Morgan fingerprint density at radius 3 is 2.53 bits per heavy atom. The average Bonchev–Trinajstić information content (AvgIpc) is 2.73. The van der Waals surface area contributed by atoms with Gasteiger partial charge in [-0.2, -0.15) is 13.2 Å². The van der Waals surface area contributed by atoms with E-state index in [0.717, 1.165) is 4.90 Å². The van der Waals surface area contributed by atoms with E-state index in [1.807, 2.05) is 0 Å². The van der Waals surface area contributed by atoms with Gasteiger partial charge in [-0.05, 0) is 30.7 Å². The van der Waals surface area contributed by atoms with Crippen molar-refractivity contribution in [3.05, 3.63) is 75.2 Å². The second-order valence-electron chi connectivity index (χ2n) is 7.07. The second-order valence-corrected chi connectivity index (χ2v) is 7.99. The van der Waals surface area contributed by atoms with Crippen LogP contribution in [0.2, 0.25) is 0 Å². The monoisotopic (exact) mass is 528 g/mol. The highest BCUT2D eigenvalue weighted by Gasteiger charge is 2.47. The number of Topliss-reactive ketones (excluding diaryl/α,β-unsaturated/α-hetero) is 1. The molecule has 0 radical (unpaired) electrons. The molecule has 3 aromatic rings. The van der Waals surface area contributed by atoms with Crippen molar-refractivity contribution >= 4 is 40.1 Å². The maximum Gasteiger partial charge on any atom is 0.408 e. The van der Waals surface area contributed by atoms with Crippen LogP contribution in [0.1, 0.15) is 16.8 Å². The van der Waals surface area contributed by atoms with E-state index in [2.05, 4.69) is 25.9 Å². The summed E-state index contributed by atoms with van der Waals surface area (Å²) in [6.45, 7) is -0.698. The average molecular weight is 530 g/mol. The van der Waals surface area contributed by atoms with Gasteiger partial charge in [-0.1, -0.05) is 28.1 Å². The molecule has 1 aliphatic rings. The van der Waals surface area contributed by atoms with Gasteiger partial charge in [0.2, 0.25) is 5.95 Å². The van der Waals surface area contributed by atoms with Gasteiger partial charge < -0.3 is 4.90 Å². The first-order valence-corrected chi connectivity index (χ1v) is 10.2. The topological polar surface area (TPSA) is 68.1 Å². The van der Waals surface area contributed by atoms with Crippen molar-refractivity contribution in [3.63, 3.8) is 0 Å². The van der Waals surface area contributed by atoms with Crippen molar-refractivity contribution in [1.29, 1.82) is 0 Å². The summed E-state index contributed by atoms with van der Waals surface area (Å²) in [5.74, 6) is -0.677. The number of hydrogen-bond donors (Lipinski definition) is 0. The Morgan fingerprint density at radius 1 is 1.16 bits per heavy atom. The van der Waals surface area contributed by atoms with E-state index in [-0.39, 0.29) is 42.6 Å². The SMILES string of the molecule is Cl.O=C(CN1c2nc(-c3ccncc3)cc(=O)n2CCC1C(F)(F)F)c1cccc(Br)c1. The fraction of sp³-hybridized carbons (Fsp3) is 0.238. The maximum atomic E-state index is 13.8. The highest BCUT2D eigenvalue weighted by Crippen LogP contribution is 2.34. The van der Waals surface area contributed by atoms with Crippen LogP contribution in [-0.4, -0.2) is 39.1 Å². The van der Waals surface area contributed by atoms with Gasteiger partial charge in [-0.3, -0.25) is 19.1 Å². The summed E-state index contributed by atoms with van der Waals surface area (Å²) in [5.41, 5.74) is 0.557. The van der Waals surface area contributed by atoms with Crippen LogP contribution < -0.4 is 10.5 Å². The zero-order chi connectivity index (χ0) is 22.2. The van der Waals surface area contributed by atoms with E-state index in [1.54, 1.807) is 30.3 Å². The molecule has 1 aromatic carbocycles. The molecule has 0 spiro atoms. The molecule has 11 heteroatoms. The lowest BCUT2D eigenvalue weighted by Gasteiger charge is -2.38. The van der Waals surface area contributed by atoms with Gasteiger partial charge in [-0.25, -0.2) is 4.98 Å². The molecular formula is C21H17BrClF3N4O2. The Labute approximate surface area is 195 Å². The maximum absolute atomic E-state index is 13.8. The molecule has 6 nitrogen and oxygen atoms in total. The van der Waals surface area contributed by atoms with Crippen LogP contribution >= 0.6 is 28.3 Å². The highest BCUT2D eigenvalue weighted by molar-refractivity contribution is 9.10. The zero-order valence-corrected chi connectivity index (χ0v) is 18.8. The first-order chi connectivity index (χ1) is 14.7. The Bertz CT molecular complexity index is 1190. The van der Waals surface area contributed by atoms with Gasteiger partial charge in [0.15, 0.2) is 5.78 Å². The van der Waals surface area contributed by atoms with Crippen molar-refractivity contribution in [3.8, 4) is 11.3 Å². The van der Waals surface area contributed by atoms with Crippen molar-refractivity contribution in [2.24, 2.45) is 0 Å². The minimum absolute atomic E-state index is 0. The van der Waals surface area contributed by atoms with Gasteiger partial charge in [0.1, 0.15) is 6.04 Å². The van der Waals surface area contributed by atoms with Gasteiger partial charge in [0, 0.05) is 40.6 Å². The van der Waals surface area contributed by atoms with Crippen molar-refractivity contribution in [1.82, 2.24) is 14.5 Å². The number of carbonyl (C=O) groups excluding carboxylic acids is 1. The number of nitrogens with zero attached hydrogens (tertiary/aromatic N) is 4. The standard InChI is InChI=1S/C21H16BrF3N4O2.ClH/c22-15-3-1-2-14(10-15)17(30)12-29-18(21(23,24)25)6-9-28-19(31)11-16(27-20(28)29)13-4-7-26-8-5-13;/h1-5,7-8,10-11,18H,6,9,12H2;1H. The minimum Gasteiger partial charge on any atom is -0.322 e. The molecule has 1 aliphatic heterocycles. The predicted molar refractivity (Wildman–Crippen MR) is 119 cm³/mol. The van der Waals surface area contributed by atoms with E-state index in [0.29, 0.717) is 10.0 Å². The number of alkyl halides is 3. The summed E-state index contributed by atoms with van der Waals surface area (Å²) < 4.78 is 43.3. The summed E-state index contributed by atoms with van der Waals surface area (Å²) in [5, 5.41) is 0. The van der Waals surface area contributed by atoms with E-state index < -0.39 is 30.1 Å².